The fraction of sp³-hybridized carbons (Fsp3) is 0.460. The molecule has 20 rings (SSSR count). The second-order valence-corrected chi connectivity index (χ2v) is 42.8. The van der Waals surface area contributed by atoms with Gasteiger partial charge in [0.1, 0.15) is 28.9 Å². The van der Waals surface area contributed by atoms with Crippen LogP contribution in [0.5, 0.6) is 17.2 Å². The summed E-state index contributed by atoms with van der Waals surface area (Å²) in [5.41, 5.74) is 12.5. The first-order chi connectivity index (χ1) is 72.5. The summed E-state index contributed by atoms with van der Waals surface area (Å²) in [5.74, 6) is 1.86. The van der Waals surface area contributed by atoms with Crippen molar-refractivity contribution in [3.05, 3.63) is 266 Å². The summed E-state index contributed by atoms with van der Waals surface area (Å²) in [4.78, 5) is 35.7. The van der Waals surface area contributed by atoms with Crippen molar-refractivity contribution in [1.29, 1.82) is 0 Å². The molecular weight excluding hydrogens is 2060 g/mol. The van der Waals surface area contributed by atoms with Crippen LogP contribution in [-0.2, 0) is 16.2 Å². The van der Waals surface area contributed by atoms with Crippen LogP contribution in [0.2, 0.25) is 25.1 Å². The zero-order chi connectivity index (χ0) is 107. The molecule has 37 heteroatoms. The monoisotopic (exact) mass is 2210 g/mol. The number of piperazine rings is 8. The van der Waals surface area contributed by atoms with Crippen LogP contribution in [0.1, 0.15) is 73.9 Å². The first-order valence-corrected chi connectivity index (χ1v) is 56.6. The summed E-state index contributed by atoms with van der Waals surface area (Å²) >= 11 is 31.5. The molecule has 150 heavy (non-hydrogen) atoms. The molecule has 0 amide bonds. The van der Waals surface area contributed by atoms with Gasteiger partial charge in [-0.2, -0.15) is 13.2 Å². The van der Waals surface area contributed by atoms with Crippen molar-refractivity contribution in [3.63, 3.8) is 0 Å². The number of carbonyl (C=O) groups excluding carboxylic acids is 1. The lowest BCUT2D eigenvalue weighted by molar-refractivity contribution is -0.137. The highest BCUT2D eigenvalue weighted by Gasteiger charge is 2.31. The average molecular weight is 2210 g/mol. The van der Waals surface area contributed by atoms with Gasteiger partial charge in [0.25, 0.3) is 0 Å². The second kappa shape index (κ2) is 63.8. The Morgan fingerprint density at radius 2 is 0.727 bits per heavy atom. The second-order valence-electron chi connectivity index (χ2n) is 37.6. The molecule has 0 spiro atoms. The molecule has 10 aliphatic heterocycles. The van der Waals surface area contributed by atoms with Crippen LogP contribution < -0.4 is 106 Å². The van der Waals surface area contributed by atoms with Gasteiger partial charge in [-0.25, -0.2) is 21.5 Å². The molecule has 1 atom stereocenters. The standard InChI is InChI=1S/C13H17NO.C12H14F3N.C12H19N3O2S.C11H15ClN2O.2C11H15ClN2.2C11H15FN2O.C11H16N2S.C10H12Cl2N2/c1-11(15)12-5-7-13(8-6-12)14-9-3-2-4-10-14;13-12(14,15)10-4-6-11(7-5-10)16-8-2-1-3-9-16;1-14(2)18(16,17)12-5-3-11(4-6-12)15-9-7-13-8-10-15;1-15-11-8-9(12)2-3-10(11)14-6-4-13-5-7-14;1-9-8-14(7-6-13-9)11-4-2-10(12)3-5-11;1-9-8-10(2-3-11(9)12)14-6-4-13-5-7-14;1-15-11-3-2-9(12)8-10(11)14-6-4-13-5-7-14;1-15-11-8-9(12)2-3-10(11)14-6-4-13-5-7-14;1-14-11-4-2-3-10(9-11)13-7-5-12-6-8-13;11-8-1-2-10(9(12)7-8)14-5-3-13-4-6-14/h5-8H,2-4,9-10H2,1H3;4-7H,1-3,8-9H2;3-6,13H,7-10H2,1-2H3;2-3,8,13H,4-7H2,1H3;2-5,9,13H,6-8H2,1H3;2-3,8,13H,4-7H2,1H3;2*2-3,8,13H,4-7H2,1H3;2-4,9,12H,5-8H2,1H3;1-2,7,13H,3-6H2/t;;;;9-;;;;;/m....0...../s1. The zero-order valence-electron chi connectivity index (χ0n) is 88.2. The van der Waals surface area contributed by atoms with Gasteiger partial charge in [0.15, 0.2) is 5.78 Å². The number of halogens is 10. The van der Waals surface area contributed by atoms with Gasteiger partial charge in [-0.1, -0.05) is 64.1 Å². The van der Waals surface area contributed by atoms with Crippen LogP contribution in [0.4, 0.5) is 78.8 Å². The molecule has 10 heterocycles. The van der Waals surface area contributed by atoms with Crippen molar-refractivity contribution in [2.75, 3.05) is 320 Å². The average Bonchev–Trinajstić information content (AvgIpc) is 0.808. The first-order valence-electron chi connectivity index (χ1n) is 52.1. The number of anilines is 10. The third-order valence-electron chi connectivity index (χ3n) is 26.9. The lowest BCUT2D eigenvalue weighted by Gasteiger charge is -2.33. The molecule has 25 nitrogen and oxygen atoms in total. The van der Waals surface area contributed by atoms with Crippen LogP contribution in [0.15, 0.2) is 222 Å². The summed E-state index contributed by atoms with van der Waals surface area (Å²) in [6.45, 7) is 41.4. The van der Waals surface area contributed by atoms with Crippen molar-refractivity contribution < 1.29 is 49.4 Å². The Hall–Kier alpha value is -9.69. The summed E-state index contributed by atoms with van der Waals surface area (Å²) < 4.78 is 104. The highest BCUT2D eigenvalue weighted by molar-refractivity contribution is 7.98. The summed E-state index contributed by atoms with van der Waals surface area (Å²) in [6, 6.07) is 64.9. The number of hydrogen-bond acceptors (Lipinski definition) is 25. The van der Waals surface area contributed by atoms with E-state index in [-0.39, 0.29) is 17.4 Å². The summed E-state index contributed by atoms with van der Waals surface area (Å²) in [5, 5.41) is 30.4. The third kappa shape index (κ3) is 39.4. The van der Waals surface area contributed by atoms with Gasteiger partial charge in [-0.3, -0.25) is 4.79 Å². The van der Waals surface area contributed by atoms with E-state index in [2.05, 4.69) is 165 Å². The quantitative estimate of drug-likeness (QED) is 0.0242. The van der Waals surface area contributed by atoms with Gasteiger partial charge >= 0.3 is 6.18 Å². The van der Waals surface area contributed by atoms with E-state index < -0.39 is 21.8 Å². The van der Waals surface area contributed by atoms with Crippen molar-refractivity contribution in [2.45, 2.75) is 81.3 Å². The number of aryl methyl sites for hydroxylation is 1. The maximum Gasteiger partial charge on any atom is 0.416 e. The molecule has 0 aliphatic carbocycles. The Bertz CT molecular complexity index is 5680. The molecule has 10 aliphatic rings. The Morgan fingerprint density at radius 3 is 1.16 bits per heavy atom. The zero-order valence-corrected chi connectivity index (χ0v) is 93.7. The Morgan fingerprint density at radius 1 is 0.367 bits per heavy atom. The topological polar surface area (TPSA) is 211 Å². The van der Waals surface area contributed by atoms with Crippen molar-refractivity contribution in [3.8, 4) is 17.2 Å². The Labute approximate surface area is 916 Å². The predicted octanol–water partition coefficient (Wildman–Crippen LogP) is 19.6. The number of Topliss-reactive ketones (excluding diaryl/α,β-unsaturated/α-hetero) is 1. The largest absolute Gasteiger partial charge is 0.495 e. The van der Waals surface area contributed by atoms with Gasteiger partial charge in [-0.05, 0) is 259 Å². The first kappa shape index (κ1) is 121. The maximum atomic E-state index is 13.1. The molecule has 10 aromatic rings. The molecule has 818 valence electrons. The number of rotatable bonds is 17. The molecule has 10 saturated heterocycles. The number of carbonyl (C=O) groups is 1. The van der Waals surface area contributed by atoms with Gasteiger partial charge < -0.3 is 106 Å². The smallest absolute Gasteiger partial charge is 0.416 e. The summed E-state index contributed by atoms with van der Waals surface area (Å²) in [7, 11) is 4.62. The number of benzene rings is 10. The number of piperidine rings is 2. The molecule has 0 radical (unpaired) electrons. The molecule has 8 N–H and O–H groups in total. The van der Waals surface area contributed by atoms with Crippen LogP contribution >= 0.6 is 69.8 Å². The number of hydrogen-bond donors (Lipinski definition) is 8. The van der Waals surface area contributed by atoms with E-state index in [4.69, 9.17) is 72.2 Å². The highest BCUT2D eigenvalue weighted by Crippen LogP contribution is 2.37. The lowest BCUT2D eigenvalue weighted by atomic mass is 10.1. The van der Waals surface area contributed by atoms with E-state index in [9.17, 15) is 35.2 Å². The molecule has 0 bridgehead atoms. The van der Waals surface area contributed by atoms with Crippen LogP contribution in [0, 0.1) is 18.6 Å². The summed E-state index contributed by atoms with van der Waals surface area (Å²) in [6.07, 6.45) is 5.28. The Kier molecular flexibility index (Phi) is 51.3. The molecule has 0 saturated carbocycles. The number of ketones is 1. The number of ether oxygens (including phenoxy) is 3. The van der Waals surface area contributed by atoms with E-state index in [1.54, 1.807) is 96.6 Å². The van der Waals surface area contributed by atoms with Crippen molar-refractivity contribution in [1.82, 2.24) is 46.8 Å². The number of methoxy groups -OCH3 is 3. The highest BCUT2D eigenvalue weighted by atomic mass is 35.5. The number of sulfonamides is 1. The molecule has 10 aromatic carbocycles. The SMILES string of the molecule is CC(=O)c1ccc(N2CCCCC2)cc1.CN(C)S(=O)(=O)c1ccc(N2CCNCC2)cc1.COc1cc(Cl)ccc1N1CCNCC1.COc1cc(F)ccc1N1CCNCC1.COc1ccc(F)cc1N1CCNCC1.CSc1cccc(N2CCNCC2)c1.C[C@H]1CN(c2ccc(Cl)cc2)CCN1.Cc1cc(N2CCNCC2)ccc1Cl.Clc1ccc(N2CCNCC2)c(Cl)c1.FC(F)(F)c1ccc(N2CCCCC2)cc1. The number of alkyl halides is 3. The predicted molar refractivity (Wildman–Crippen MR) is 619 cm³/mol. The van der Waals surface area contributed by atoms with Crippen molar-refractivity contribution in [2.24, 2.45) is 0 Å². The maximum absolute atomic E-state index is 13.1. The van der Waals surface area contributed by atoms with E-state index >= 15 is 0 Å². The van der Waals surface area contributed by atoms with Gasteiger partial charge in [-0.15, -0.1) is 11.8 Å². The van der Waals surface area contributed by atoms with Gasteiger partial charge in [0, 0.05) is 332 Å². The van der Waals surface area contributed by atoms with Gasteiger partial charge in [0.2, 0.25) is 10.0 Å². The third-order valence-corrected chi connectivity index (χ3v) is 30.9. The molecule has 0 unspecified atom stereocenters. The van der Waals surface area contributed by atoms with Crippen LogP contribution in [-0.4, -0.2) is 295 Å². The number of nitrogens with zero attached hydrogens (tertiary/aromatic N) is 11. The van der Waals surface area contributed by atoms with Crippen LogP contribution in [0.25, 0.3) is 0 Å². The normalized spacial score (nSPS) is 17.4. The fourth-order valence-corrected chi connectivity index (χ4v) is 20.7. The van der Waals surface area contributed by atoms with E-state index in [1.807, 2.05) is 79.7 Å². The van der Waals surface area contributed by atoms with Gasteiger partial charge in [0.05, 0.1) is 59.6 Å². The molecule has 0 aromatic heterocycles. The van der Waals surface area contributed by atoms with E-state index in [0.717, 1.165) is 326 Å². The van der Waals surface area contributed by atoms with Crippen LogP contribution in [0.3, 0.4) is 0 Å². The van der Waals surface area contributed by atoms with E-state index in [0.29, 0.717) is 26.7 Å². The molecule has 10 fully saturated rings. The van der Waals surface area contributed by atoms with Crippen molar-refractivity contribution >= 4 is 142 Å². The fourth-order valence-electron chi connectivity index (χ4n) is 18.4. The lowest BCUT2D eigenvalue weighted by Crippen LogP contribution is -2.49. The minimum atomic E-state index is -4.24. The number of nitrogens with one attached hydrogen (secondary N) is 8. The molecular formula is C113H153Cl5F5N19O6S2. The minimum Gasteiger partial charge on any atom is -0.495 e. The van der Waals surface area contributed by atoms with E-state index in [1.165, 1.54) is 81.9 Å². The number of thioether (sulfide) groups is 1. The minimum absolute atomic E-state index is 0.139. The Balaban J connectivity index is 0.000000158.